The molecule has 6 rings (SSSR count). The maximum absolute atomic E-state index is 14.2. The first kappa shape index (κ1) is 32.4. The molecule has 2 aliphatic rings. The Morgan fingerprint density at radius 1 is 1.26 bits per heavy atom. The number of alkyl halides is 3. The van der Waals surface area contributed by atoms with Gasteiger partial charge in [-0.1, -0.05) is 29.8 Å². The molecule has 0 saturated carbocycles. The van der Waals surface area contributed by atoms with E-state index in [1.165, 1.54) is 11.4 Å². The van der Waals surface area contributed by atoms with Crippen molar-refractivity contribution in [2.45, 2.75) is 52.4 Å². The number of benzene rings is 1. The van der Waals surface area contributed by atoms with Gasteiger partial charge in [-0.25, -0.2) is 0 Å². The summed E-state index contributed by atoms with van der Waals surface area (Å²) in [4.78, 5) is 36.2. The number of anilines is 3. The normalized spacial score (nSPS) is 17.3. The van der Waals surface area contributed by atoms with E-state index >= 15 is 0 Å². The maximum Gasteiger partial charge on any atom is 0.417 e. The lowest BCUT2D eigenvalue weighted by Gasteiger charge is -2.41. The Labute approximate surface area is 271 Å². The van der Waals surface area contributed by atoms with Crippen molar-refractivity contribution >= 4 is 46.1 Å². The van der Waals surface area contributed by atoms with Crippen LogP contribution in [-0.2, 0) is 28.7 Å². The largest absolute Gasteiger partial charge is 0.502 e. The van der Waals surface area contributed by atoms with Gasteiger partial charge in [0, 0.05) is 31.4 Å². The van der Waals surface area contributed by atoms with Gasteiger partial charge in [0.2, 0.25) is 23.3 Å². The monoisotopic (exact) mass is 676 g/mol. The van der Waals surface area contributed by atoms with Crippen LogP contribution in [0.4, 0.5) is 30.4 Å². The third-order valence-corrected chi connectivity index (χ3v) is 8.67. The number of hydrogen-bond acceptors (Lipinski definition) is 10. The molecular weight excluding hydrogens is 645 g/mol. The highest BCUT2D eigenvalue weighted by Crippen LogP contribution is 2.37. The molecule has 2 aliphatic heterocycles. The second-order valence-corrected chi connectivity index (χ2v) is 11.9. The lowest BCUT2D eigenvalue weighted by molar-refractivity contribution is -0.137. The summed E-state index contributed by atoms with van der Waals surface area (Å²) in [5.41, 5.74) is 0.576. The lowest BCUT2D eigenvalue weighted by Crippen LogP contribution is -2.54. The second kappa shape index (κ2) is 12.6. The lowest BCUT2D eigenvalue weighted by atomic mass is 10.1. The van der Waals surface area contributed by atoms with E-state index in [0.29, 0.717) is 68.7 Å². The van der Waals surface area contributed by atoms with Gasteiger partial charge in [0.15, 0.2) is 12.1 Å². The number of nitrogens with zero attached hydrogens (tertiary/aromatic N) is 7. The highest BCUT2D eigenvalue weighted by Gasteiger charge is 2.35. The molecule has 1 atom stereocenters. The van der Waals surface area contributed by atoms with E-state index in [9.17, 15) is 27.9 Å². The summed E-state index contributed by atoms with van der Waals surface area (Å²) in [6.45, 7) is 6.92. The number of halogens is 4. The number of rotatable bonds is 7. The van der Waals surface area contributed by atoms with Gasteiger partial charge in [-0.15, -0.1) is 5.10 Å². The molecule has 1 fully saturated rings. The number of ether oxygens (including phenoxy) is 1. The van der Waals surface area contributed by atoms with Crippen molar-refractivity contribution in [2.75, 3.05) is 48.0 Å². The van der Waals surface area contributed by atoms with Crippen molar-refractivity contribution in [3.63, 3.8) is 0 Å². The summed E-state index contributed by atoms with van der Waals surface area (Å²) >= 11 is 5.94. The van der Waals surface area contributed by atoms with Crippen LogP contribution in [0.2, 0.25) is 5.02 Å². The van der Waals surface area contributed by atoms with Gasteiger partial charge >= 0.3 is 6.18 Å². The first-order chi connectivity index (χ1) is 22.4. The van der Waals surface area contributed by atoms with Crippen molar-refractivity contribution in [1.82, 2.24) is 24.3 Å². The molecule has 0 bridgehead atoms. The molecule has 0 aliphatic carbocycles. The zero-order valence-corrected chi connectivity index (χ0v) is 26.5. The number of aryl methyl sites for hydroxylation is 1. The average molecular weight is 677 g/mol. The number of fused-ring (bicyclic) bond motifs is 1. The molecule has 17 heteroatoms. The van der Waals surface area contributed by atoms with Gasteiger partial charge in [-0.3, -0.25) is 9.59 Å². The third kappa shape index (κ3) is 6.14. The minimum atomic E-state index is -4.65. The molecule has 0 spiro atoms. The van der Waals surface area contributed by atoms with Crippen molar-refractivity contribution in [3.05, 3.63) is 62.5 Å². The molecule has 250 valence electrons. The Balaban J connectivity index is 1.40. The minimum Gasteiger partial charge on any atom is -0.502 e. The Morgan fingerprint density at radius 2 is 2.04 bits per heavy atom. The summed E-state index contributed by atoms with van der Waals surface area (Å²) < 4.78 is 53.3. The van der Waals surface area contributed by atoms with Crippen molar-refractivity contribution in [2.24, 2.45) is 0 Å². The SMILES string of the molecule is CCc1c(N2CCN(c3nocc3O)[C@H](C)C2)c(=O)n2nc(C3=CCOCC3)nc2n1CC(=O)Nc1cc(Cl)c(C(F)(F)F)cc1C. The Morgan fingerprint density at radius 3 is 2.68 bits per heavy atom. The van der Waals surface area contributed by atoms with E-state index in [-0.39, 0.29) is 35.4 Å². The van der Waals surface area contributed by atoms with E-state index in [1.807, 2.05) is 29.7 Å². The number of nitrogens with one attached hydrogen (secondary N) is 1. The first-order valence-electron chi connectivity index (χ1n) is 15.0. The van der Waals surface area contributed by atoms with Crippen LogP contribution in [0.3, 0.4) is 0 Å². The number of carbonyl (C=O) groups is 1. The zero-order chi connectivity index (χ0) is 33.6. The zero-order valence-electron chi connectivity index (χ0n) is 25.8. The summed E-state index contributed by atoms with van der Waals surface area (Å²) in [6, 6.07) is 1.77. The fourth-order valence-corrected chi connectivity index (χ4v) is 6.33. The Kier molecular flexibility index (Phi) is 8.65. The summed E-state index contributed by atoms with van der Waals surface area (Å²) in [5, 5.41) is 20.8. The Hall–Kier alpha value is -4.57. The molecule has 0 unspecified atom stereocenters. The molecule has 3 aromatic heterocycles. The molecule has 47 heavy (non-hydrogen) atoms. The van der Waals surface area contributed by atoms with Gasteiger partial charge in [0.05, 0.1) is 29.5 Å². The molecule has 1 saturated heterocycles. The number of carbonyl (C=O) groups excluding carboxylic acids is 1. The van der Waals surface area contributed by atoms with Gasteiger partial charge in [0.25, 0.3) is 5.56 Å². The van der Waals surface area contributed by atoms with E-state index < -0.39 is 28.2 Å². The highest BCUT2D eigenvalue weighted by atomic mass is 35.5. The van der Waals surface area contributed by atoms with Crippen molar-refractivity contribution in [3.8, 4) is 5.75 Å². The standard InChI is InChI=1S/C30H32ClF3N8O5/c1-4-22-25(39-7-8-40(17(3)13-39)27-23(43)15-47-38-27)28(45)42-29(36-26(37-42)18-5-9-46-10-6-18)41(22)14-24(44)35-21-12-20(31)19(11-16(21)2)30(32,33)34/h5,11-12,15,17,43H,4,6-10,13-14H2,1-3H3,(H,35,44)/t17-/m1/s1. The van der Waals surface area contributed by atoms with Crippen LogP contribution in [-0.4, -0.2) is 74.2 Å². The predicted octanol–water partition coefficient (Wildman–Crippen LogP) is 4.29. The van der Waals surface area contributed by atoms with Crippen LogP contribution < -0.4 is 20.7 Å². The summed E-state index contributed by atoms with van der Waals surface area (Å²) in [6.07, 6.45) is -0.767. The number of aromatic hydroxyl groups is 1. The third-order valence-electron chi connectivity index (χ3n) is 8.35. The minimum absolute atomic E-state index is 0.0866. The van der Waals surface area contributed by atoms with E-state index in [0.717, 1.165) is 24.0 Å². The summed E-state index contributed by atoms with van der Waals surface area (Å²) in [5.74, 6) is 0.140. The molecule has 13 nitrogen and oxygen atoms in total. The highest BCUT2D eigenvalue weighted by molar-refractivity contribution is 6.31. The predicted molar refractivity (Wildman–Crippen MR) is 167 cm³/mol. The average Bonchev–Trinajstić information content (AvgIpc) is 3.67. The van der Waals surface area contributed by atoms with Crippen LogP contribution in [0.25, 0.3) is 11.4 Å². The van der Waals surface area contributed by atoms with Crippen LogP contribution in [0, 0.1) is 6.92 Å². The molecule has 1 aromatic carbocycles. The molecular formula is C30H32ClF3N8O5. The fraction of sp³-hybridized carbons (Fsp3) is 0.433. The van der Waals surface area contributed by atoms with E-state index in [2.05, 4.69) is 20.6 Å². The van der Waals surface area contributed by atoms with Gasteiger partial charge < -0.3 is 34.1 Å². The number of aromatic nitrogens is 5. The fourth-order valence-electron chi connectivity index (χ4n) is 6.06. The van der Waals surface area contributed by atoms with E-state index in [1.54, 1.807) is 4.57 Å². The Bertz CT molecular complexity index is 1930. The smallest absolute Gasteiger partial charge is 0.417 e. The van der Waals surface area contributed by atoms with Crippen molar-refractivity contribution in [1.29, 1.82) is 0 Å². The number of hydrogen-bond donors (Lipinski definition) is 2. The first-order valence-corrected chi connectivity index (χ1v) is 15.4. The van der Waals surface area contributed by atoms with Crippen LogP contribution in [0.1, 0.15) is 42.9 Å². The van der Waals surface area contributed by atoms with Crippen LogP contribution in [0.15, 0.2) is 33.8 Å². The molecule has 0 radical (unpaired) electrons. The van der Waals surface area contributed by atoms with Crippen LogP contribution >= 0.6 is 11.6 Å². The second-order valence-electron chi connectivity index (χ2n) is 11.4. The van der Waals surface area contributed by atoms with Gasteiger partial charge in [0.1, 0.15) is 12.2 Å². The van der Waals surface area contributed by atoms with Gasteiger partial charge in [-0.2, -0.15) is 22.7 Å². The molecule has 1 amide bonds. The van der Waals surface area contributed by atoms with Crippen LogP contribution in [0.5, 0.6) is 5.75 Å². The maximum atomic E-state index is 14.2. The topological polar surface area (TPSA) is 143 Å². The van der Waals surface area contributed by atoms with Gasteiger partial charge in [-0.05, 0) is 50.0 Å². The van der Waals surface area contributed by atoms with E-state index in [4.69, 9.17) is 20.9 Å². The molecule has 5 heterocycles. The number of piperazine rings is 1. The molecule has 2 N–H and O–H groups in total. The molecule has 4 aromatic rings. The summed E-state index contributed by atoms with van der Waals surface area (Å²) in [7, 11) is 0. The van der Waals surface area contributed by atoms with Crippen molar-refractivity contribution < 1.29 is 32.3 Å². The quantitative estimate of drug-likeness (QED) is 0.291. The number of amides is 1.